The lowest BCUT2D eigenvalue weighted by atomic mass is 10.2. The summed E-state index contributed by atoms with van der Waals surface area (Å²) >= 11 is 1.42. The molecule has 0 spiro atoms. The van der Waals surface area contributed by atoms with Crippen LogP contribution in [0.5, 0.6) is 0 Å². The van der Waals surface area contributed by atoms with Gasteiger partial charge in [-0.2, -0.15) is 5.10 Å². The number of anilines is 1. The molecule has 3 N–H and O–H groups in total. The first-order chi connectivity index (χ1) is 9.62. The Kier molecular flexibility index (Phi) is 4.84. The molecule has 0 saturated carbocycles. The van der Waals surface area contributed by atoms with Gasteiger partial charge in [0.15, 0.2) is 5.16 Å². The van der Waals surface area contributed by atoms with E-state index in [1.807, 2.05) is 16.9 Å². The molecule has 7 heteroatoms. The summed E-state index contributed by atoms with van der Waals surface area (Å²) in [5.41, 5.74) is 6.28. The summed E-state index contributed by atoms with van der Waals surface area (Å²) in [7, 11) is 0. The standard InChI is InChI=1S/C13H19N5OS/c1-3-10(4-2)18-6-5-9(17-18)8-20-13-15-11(14)7-12(19)16-13/h5-7,10H,3-4,8H2,1-2H3,(H3,14,15,16,19). The minimum absolute atomic E-state index is 0.234. The van der Waals surface area contributed by atoms with Gasteiger partial charge in [-0.3, -0.25) is 9.48 Å². The van der Waals surface area contributed by atoms with Crippen LogP contribution in [0.15, 0.2) is 28.3 Å². The van der Waals surface area contributed by atoms with Crippen molar-refractivity contribution in [3.63, 3.8) is 0 Å². The Balaban J connectivity index is 2.02. The second-order valence-corrected chi connectivity index (χ2v) is 5.49. The molecule has 0 unspecified atom stereocenters. The van der Waals surface area contributed by atoms with Gasteiger partial charge in [-0.05, 0) is 18.9 Å². The smallest absolute Gasteiger partial charge is 0.253 e. The summed E-state index contributed by atoms with van der Waals surface area (Å²) < 4.78 is 2.01. The molecule has 2 aromatic heterocycles. The lowest BCUT2D eigenvalue weighted by molar-refractivity contribution is 0.426. The normalized spacial score (nSPS) is 11.2. The largest absolute Gasteiger partial charge is 0.383 e. The first-order valence-corrected chi connectivity index (χ1v) is 7.64. The molecule has 20 heavy (non-hydrogen) atoms. The van der Waals surface area contributed by atoms with Gasteiger partial charge in [0.25, 0.3) is 5.56 Å². The second-order valence-electron chi connectivity index (χ2n) is 4.52. The number of thioether (sulfide) groups is 1. The summed E-state index contributed by atoms with van der Waals surface area (Å²) in [5.74, 6) is 0.887. The highest BCUT2D eigenvalue weighted by Gasteiger charge is 2.08. The van der Waals surface area contributed by atoms with Crippen LogP contribution < -0.4 is 11.3 Å². The van der Waals surface area contributed by atoms with E-state index < -0.39 is 0 Å². The summed E-state index contributed by atoms with van der Waals surface area (Å²) in [6.07, 6.45) is 4.13. The topological polar surface area (TPSA) is 89.6 Å². The lowest BCUT2D eigenvalue weighted by Gasteiger charge is -2.12. The Hall–Kier alpha value is -1.76. The zero-order valence-corrected chi connectivity index (χ0v) is 12.5. The van der Waals surface area contributed by atoms with Gasteiger partial charge >= 0.3 is 0 Å². The van der Waals surface area contributed by atoms with Crippen LogP contribution >= 0.6 is 11.8 Å². The van der Waals surface area contributed by atoms with Gasteiger partial charge in [0.1, 0.15) is 5.82 Å². The van der Waals surface area contributed by atoms with Crippen LogP contribution in [0.2, 0.25) is 0 Å². The van der Waals surface area contributed by atoms with Crippen LogP contribution in [0.3, 0.4) is 0 Å². The number of hydrogen-bond donors (Lipinski definition) is 2. The zero-order valence-electron chi connectivity index (χ0n) is 11.7. The molecule has 0 amide bonds. The summed E-state index contributed by atoms with van der Waals surface area (Å²) in [4.78, 5) is 18.0. The predicted octanol–water partition coefficient (Wildman–Crippen LogP) is 2.20. The molecule has 0 aliphatic carbocycles. The quantitative estimate of drug-likeness (QED) is 0.629. The average Bonchev–Trinajstić information content (AvgIpc) is 2.86. The Labute approximate surface area is 121 Å². The van der Waals surface area contributed by atoms with Crippen molar-refractivity contribution in [2.24, 2.45) is 0 Å². The minimum Gasteiger partial charge on any atom is -0.383 e. The number of nitrogens with two attached hydrogens (primary N) is 1. The van der Waals surface area contributed by atoms with E-state index in [9.17, 15) is 4.79 Å². The van der Waals surface area contributed by atoms with E-state index >= 15 is 0 Å². The van der Waals surface area contributed by atoms with Crippen molar-refractivity contribution in [3.8, 4) is 0 Å². The van der Waals surface area contributed by atoms with Crippen molar-refractivity contribution >= 4 is 17.6 Å². The summed E-state index contributed by atoms with van der Waals surface area (Å²) in [6.45, 7) is 4.32. The maximum atomic E-state index is 11.3. The Morgan fingerprint density at radius 1 is 1.45 bits per heavy atom. The van der Waals surface area contributed by atoms with E-state index in [0.717, 1.165) is 18.5 Å². The predicted molar refractivity (Wildman–Crippen MR) is 80.7 cm³/mol. The molecule has 0 bridgehead atoms. The van der Waals surface area contributed by atoms with Crippen molar-refractivity contribution < 1.29 is 0 Å². The van der Waals surface area contributed by atoms with E-state index in [1.54, 1.807) is 0 Å². The van der Waals surface area contributed by atoms with Gasteiger partial charge in [0, 0.05) is 18.0 Å². The fourth-order valence-electron chi connectivity index (χ4n) is 1.98. The molecule has 0 aromatic carbocycles. The molecule has 0 radical (unpaired) electrons. The third-order valence-electron chi connectivity index (χ3n) is 3.08. The average molecular weight is 293 g/mol. The molecule has 2 aromatic rings. The molecule has 0 saturated heterocycles. The van der Waals surface area contributed by atoms with Crippen molar-refractivity contribution in [1.82, 2.24) is 19.7 Å². The van der Waals surface area contributed by atoms with Crippen LogP contribution in [-0.2, 0) is 5.75 Å². The van der Waals surface area contributed by atoms with Crippen LogP contribution in [-0.4, -0.2) is 19.7 Å². The van der Waals surface area contributed by atoms with Crippen molar-refractivity contribution in [3.05, 3.63) is 34.4 Å². The third-order valence-corrected chi connectivity index (χ3v) is 3.98. The number of H-pyrrole nitrogens is 1. The van der Waals surface area contributed by atoms with E-state index in [-0.39, 0.29) is 11.4 Å². The molecule has 6 nitrogen and oxygen atoms in total. The molecule has 108 valence electrons. The maximum Gasteiger partial charge on any atom is 0.253 e. The number of nitrogens with zero attached hydrogens (tertiary/aromatic N) is 3. The van der Waals surface area contributed by atoms with Crippen LogP contribution in [0.25, 0.3) is 0 Å². The van der Waals surface area contributed by atoms with Crippen molar-refractivity contribution in [2.45, 2.75) is 43.6 Å². The third kappa shape index (κ3) is 3.63. The summed E-state index contributed by atoms with van der Waals surface area (Å²) in [5, 5.41) is 5.08. The molecule has 0 aliphatic heterocycles. The van der Waals surface area contributed by atoms with E-state index in [1.165, 1.54) is 17.8 Å². The van der Waals surface area contributed by atoms with Gasteiger partial charge in [0.2, 0.25) is 0 Å². The number of nitrogens with one attached hydrogen (secondary N) is 1. The minimum atomic E-state index is -0.234. The number of aromatic nitrogens is 4. The van der Waals surface area contributed by atoms with Gasteiger partial charge < -0.3 is 10.7 Å². The number of rotatable bonds is 6. The van der Waals surface area contributed by atoms with Crippen LogP contribution in [0.4, 0.5) is 5.82 Å². The second kappa shape index (κ2) is 6.60. The molecule has 0 aliphatic rings. The maximum absolute atomic E-state index is 11.3. The van der Waals surface area contributed by atoms with Crippen LogP contribution in [0, 0.1) is 0 Å². The van der Waals surface area contributed by atoms with E-state index in [4.69, 9.17) is 5.73 Å². The Morgan fingerprint density at radius 2 is 2.20 bits per heavy atom. The fourth-order valence-corrected chi connectivity index (χ4v) is 2.77. The molecular weight excluding hydrogens is 274 g/mol. The lowest BCUT2D eigenvalue weighted by Crippen LogP contribution is -2.09. The van der Waals surface area contributed by atoms with E-state index in [0.29, 0.717) is 17.0 Å². The van der Waals surface area contributed by atoms with Gasteiger partial charge in [0.05, 0.1) is 11.7 Å². The number of nitrogen functional groups attached to an aromatic ring is 1. The monoisotopic (exact) mass is 293 g/mol. The highest BCUT2D eigenvalue weighted by Crippen LogP contribution is 2.20. The van der Waals surface area contributed by atoms with Crippen molar-refractivity contribution in [1.29, 1.82) is 0 Å². The molecular formula is C13H19N5OS. The van der Waals surface area contributed by atoms with Gasteiger partial charge in [-0.15, -0.1) is 0 Å². The fraction of sp³-hybridized carbons (Fsp3) is 0.462. The van der Waals surface area contributed by atoms with Gasteiger partial charge in [-0.1, -0.05) is 25.6 Å². The molecule has 0 fully saturated rings. The zero-order chi connectivity index (χ0) is 14.5. The SMILES string of the molecule is CCC(CC)n1ccc(CSc2nc(N)cc(=O)[nH]2)n1. The number of aromatic amines is 1. The molecule has 2 rings (SSSR count). The highest BCUT2D eigenvalue weighted by molar-refractivity contribution is 7.98. The first-order valence-electron chi connectivity index (χ1n) is 6.66. The molecule has 0 atom stereocenters. The Bertz CT molecular complexity index is 617. The van der Waals surface area contributed by atoms with E-state index in [2.05, 4.69) is 28.9 Å². The van der Waals surface area contributed by atoms with Gasteiger partial charge in [-0.25, -0.2) is 4.98 Å². The summed E-state index contributed by atoms with van der Waals surface area (Å²) in [6, 6.07) is 3.71. The number of hydrogen-bond acceptors (Lipinski definition) is 5. The van der Waals surface area contributed by atoms with Crippen molar-refractivity contribution in [2.75, 3.05) is 5.73 Å². The van der Waals surface area contributed by atoms with Crippen LogP contribution in [0.1, 0.15) is 38.4 Å². The Morgan fingerprint density at radius 3 is 2.85 bits per heavy atom. The first kappa shape index (κ1) is 14.6. The highest BCUT2D eigenvalue weighted by atomic mass is 32.2. The molecule has 2 heterocycles.